The lowest BCUT2D eigenvalue weighted by atomic mass is 9.98. The van der Waals surface area contributed by atoms with Crippen molar-refractivity contribution in [1.82, 2.24) is 9.88 Å². The lowest BCUT2D eigenvalue weighted by Gasteiger charge is -2.31. The molecule has 1 saturated heterocycles. The van der Waals surface area contributed by atoms with E-state index in [1.807, 2.05) is 11.6 Å². The molecule has 24 heavy (non-hydrogen) atoms. The molecule has 1 unspecified atom stereocenters. The molecule has 128 valence electrons. The van der Waals surface area contributed by atoms with E-state index in [-0.39, 0.29) is 17.2 Å². The number of aromatic hydroxyl groups is 1. The summed E-state index contributed by atoms with van der Waals surface area (Å²) in [7, 11) is 1.43. The zero-order valence-corrected chi connectivity index (χ0v) is 14.2. The number of ether oxygens (including phenoxy) is 1. The number of hydrogen-bond donors (Lipinski definition) is 1. The zero-order chi connectivity index (χ0) is 17.1. The molecule has 1 aromatic carbocycles. The Morgan fingerprint density at radius 2 is 2.38 bits per heavy atom. The minimum Gasteiger partial charge on any atom is -0.504 e. The van der Waals surface area contributed by atoms with Crippen LogP contribution in [-0.4, -0.2) is 40.1 Å². The second kappa shape index (κ2) is 7.14. The standard InChI is InChI=1S/C16H19N3O4S/c1-23-15-7-12(13(19(21)22)8-14(15)20)10-18-5-2-3-11(9-18)16-17-4-6-24-16/h4,6-8,11,20H,2-3,5,9-10H2,1H3. The third kappa shape index (κ3) is 3.49. The highest BCUT2D eigenvalue weighted by Crippen LogP contribution is 2.35. The lowest BCUT2D eigenvalue weighted by Crippen LogP contribution is -2.34. The number of benzene rings is 1. The molecule has 0 amide bonds. The average Bonchev–Trinajstić information content (AvgIpc) is 3.10. The van der Waals surface area contributed by atoms with E-state index in [9.17, 15) is 15.2 Å². The monoisotopic (exact) mass is 349 g/mol. The minimum atomic E-state index is -0.462. The molecule has 8 heteroatoms. The van der Waals surface area contributed by atoms with Gasteiger partial charge in [-0.2, -0.15) is 0 Å². The van der Waals surface area contributed by atoms with Crippen LogP contribution in [0, 0.1) is 10.1 Å². The molecule has 1 aliphatic rings. The van der Waals surface area contributed by atoms with Crippen LogP contribution in [0.4, 0.5) is 5.69 Å². The average molecular weight is 349 g/mol. The number of phenols is 1. The number of aromatic nitrogens is 1. The lowest BCUT2D eigenvalue weighted by molar-refractivity contribution is -0.385. The van der Waals surface area contributed by atoms with Gasteiger partial charge in [0, 0.05) is 36.1 Å². The number of piperidine rings is 1. The molecule has 0 radical (unpaired) electrons. The van der Waals surface area contributed by atoms with Crippen molar-refractivity contribution >= 4 is 17.0 Å². The highest BCUT2D eigenvalue weighted by molar-refractivity contribution is 7.09. The number of thiazole rings is 1. The summed E-state index contributed by atoms with van der Waals surface area (Å²) in [5, 5.41) is 24.2. The molecule has 2 heterocycles. The van der Waals surface area contributed by atoms with E-state index in [0.717, 1.165) is 37.0 Å². The van der Waals surface area contributed by atoms with Crippen molar-refractivity contribution in [3.8, 4) is 11.5 Å². The van der Waals surface area contributed by atoms with Crippen molar-refractivity contribution in [2.45, 2.75) is 25.3 Å². The molecular formula is C16H19N3O4S. The second-order valence-corrected chi connectivity index (χ2v) is 6.78. The van der Waals surface area contributed by atoms with Gasteiger partial charge in [0.2, 0.25) is 0 Å². The Labute approximate surface area is 143 Å². The first kappa shape index (κ1) is 16.7. The molecule has 0 bridgehead atoms. The van der Waals surface area contributed by atoms with Gasteiger partial charge in [0.15, 0.2) is 11.5 Å². The Morgan fingerprint density at radius 3 is 3.04 bits per heavy atom. The summed E-state index contributed by atoms with van der Waals surface area (Å²) in [6.07, 6.45) is 3.94. The van der Waals surface area contributed by atoms with Crippen molar-refractivity contribution in [3.63, 3.8) is 0 Å². The number of likely N-dealkylation sites (tertiary alicyclic amines) is 1. The van der Waals surface area contributed by atoms with Crippen LogP contribution in [0.5, 0.6) is 11.5 Å². The topological polar surface area (TPSA) is 88.7 Å². The van der Waals surface area contributed by atoms with Gasteiger partial charge in [-0.05, 0) is 25.5 Å². The summed E-state index contributed by atoms with van der Waals surface area (Å²) in [6, 6.07) is 2.72. The van der Waals surface area contributed by atoms with Crippen LogP contribution < -0.4 is 4.74 Å². The maximum absolute atomic E-state index is 11.3. The van der Waals surface area contributed by atoms with Crippen LogP contribution >= 0.6 is 11.3 Å². The number of methoxy groups -OCH3 is 1. The van der Waals surface area contributed by atoms with Gasteiger partial charge in [0.05, 0.1) is 23.1 Å². The van der Waals surface area contributed by atoms with E-state index in [0.29, 0.717) is 18.0 Å². The van der Waals surface area contributed by atoms with Gasteiger partial charge < -0.3 is 9.84 Å². The first-order valence-electron chi connectivity index (χ1n) is 7.74. The second-order valence-electron chi connectivity index (χ2n) is 5.85. The third-order valence-electron chi connectivity index (χ3n) is 4.28. The van der Waals surface area contributed by atoms with E-state index >= 15 is 0 Å². The van der Waals surface area contributed by atoms with E-state index < -0.39 is 4.92 Å². The minimum absolute atomic E-state index is 0.0790. The summed E-state index contributed by atoms with van der Waals surface area (Å²) >= 11 is 1.65. The maximum atomic E-state index is 11.3. The molecule has 0 saturated carbocycles. The number of nitrogens with zero attached hydrogens (tertiary/aromatic N) is 3. The van der Waals surface area contributed by atoms with E-state index in [1.54, 1.807) is 17.4 Å². The SMILES string of the molecule is COc1cc(CN2CCCC(c3nccs3)C2)c([N+](=O)[O-])cc1O. The van der Waals surface area contributed by atoms with Crippen molar-refractivity contribution in [1.29, 1.82) is 0 Å². The first-order chi connectivity index (χ1) is 11.6. The fourth-order valence-corrected chi connectivity index (χ4v) is 3.90. The molecule has 1 fully saturated rings. The molecule has 7 nitrogen and oxygen atoms in total. The Kier molecular flexibility index (Phi) is 4.96. The van der Waals surface area contributed by atoms with Crippen LogP contribution in [-0.2, 0) is 6.54 Å². The van der Waals surface area contributed by atoms with Crippen molar-refractivity contribution < 1.29 is 14.8 Å². The van der Waals surface area contributed by atoms with Crippen molar-refractivity contribution in [3.05, 3.63) is 44.4 Å². The smallest absolute Gasteiger partial charge is 0.277 e. The molecule has 1 aliphatic heterocycles. The van der Waals surface area contributed by atoms with Gasteiger partial charge in [0.25, 0.3) is 5.69 Å². The summed E-state index contributed by atoms with van der Waals surface area (Å²) in [5.41, 5.74) is 0.471. The largest absolute Gasteiger partial charge is 0.504 e. The summed E-state index contributed by atoms with van der Waals surface area (Å²) in [4.78, 5) is 17.4. The van der Waals surface area contributed by atoms with Crippen molar-refractivity contribution in [2.75, 3.05) is 20.2 Å². The van der Waals surface area contributed by atoms with Crippen LogP contribution in [0.1, 0.15) is 29.3 Å². The van der Waals surface area contributed by atoms with Crippen LogP contribution in [0.15, 0.2) is 23.7 Å². The van der Waals surface area contributed by atoms with Crippen LogP contribution in [0.2, 0.25) is 0 Å². The van der Waals surface area contributed by atoms with Gasteiger partial charge in [-0.15, -0.1) is 11.3 Å². The predicted molar refractivity (Wildman–Crippen MR) is 90.7 cm³/mol. The van der Waals surface area contributed by atoms with Gasteiger partial charge in [-0.25, -0.2) is 4.98 Å². The van der Waals surface area contributed by atoms with Gasteiger partial charge >= 0.3 is 0 Å². The van der Waals surface area contributed by atoms with Crippen LogP contribution in [0.25, 0.3) is 0 Å². The van der Waals surface area contributed by atoms with E-state index in [4.69, 9.17) is 4.74 Å². The van der Waals surface area contributed by atoms with Crippen molar-refractivity contribution in [2.24, 2.45) is 0 Å². The highest BCUT2D eigenvalue weighted by Gasteiger charge is 2.26. The summed E-state index contributed by atoms with van der Waals surface area (Å²) in [6.45, 7) is 2.17. The Bertz CT molecular complexity index is 720. The molecule has 1 atom stereocenters. The molecule has 2 aromatic rings. The Balaban J connectivity index is 1.80. The van der Waals surface area contributed by atoms with E-state index in [2.05, 4.69) is 9.88 Å². The first-order valence-corrected chi connectivity index (χ1v) is 8.62. The zero-order valence-electron chi connectivity index (χ0n) is 13.3. The molecular weight excluding hydrogens is 330 g/mol. The highest BCUT2D eigenvalue weighted by atomic mass is 32.1. The van der Waals surface area contributed by atoms with Crippen LogP contribution in [0.3, 0.4) is 0 Å². The third-order valence-corrected chi connectivity index (χ3v) is 5.21. The fourth-order valence-electron chi connectivity index (χ4n) is 3.14. The number of hydrogen-bond acceptors (Lipinski definition) is 7. The van der Waals surface area contributed by atoms with Gasteiger partial charge in [-0.3, -0.25) is 15.0 Å². The summed E-state index contributed by atoms with van der Waals surface area (Å²) in [5.74, 6) is 0.410. The normalized spacial score (nSPS) is 18.5. The van der Waals surface area contributed by atoms with Gasteiger partial charge in [0.1, 0.15) is 0 Å². The number of nitro groups is 1. The molecule has 0 spiro atoms. The number of phenolic OH excluding ortho intramolecular Hbond substituents is 1. The molecule has 3 rings (SSSR count). The van der Waals surface area contributed by atoms with Gasteiger partial charge in [-0.1, -0.05) is 0 Å². The summed E-state index contributed by atoms with van der Waals surface area (Å²) < 4.78 is 5.09. The van der Waals surface area contributed by atoms with E-state index in [1.165, 1.54) is 7.11 Å². The Morgan fingerprint density at radius 1 is 1.54 bits per heavy atom. The maximum Gasteiger partial charge on any atom is 0.277 e. The predicted octanol–water partition coefficient (Wildman–Crippen LogP) is 3.15. The number of rotatable bonds is 5. The molecule has 0 aliphatic carbocycles. The Hall–Kier alpha value is -2.19. The molecule has 1 N–H and O–H groups in total. The number of nitro benzene ring substituents is 1. The fraction of sp³-hybridized carbons (Fsp3) is 0.438. The molecule has 1 aromatic heterocycles. The quantitative estimate of drug-likeness (QED) is 0.659.